The molecule has 1 heterocycles. The molecule has 1 aliphatic heterocycles. The van der Waals surface area contributed by atoms with Crippen molar-refractivity contribution in [2.75, 3.05) is 32.2 Å². The van der Waals surface area contributed by atoms with Crippen molar-refractivity contribution >= 4 is 11.6 Å². The van der Waals surface area contributed by atoms with E-state index in [9.17, 15) is 4.79 Å². The van der Waals surface area contributed by atoms with Crippen LogP contribution in [0.2, 0.25) is 0 Å². The van der Waals surface area contributed by atoms with E-state index in [4.69, 9.17) is 9.47 Å². The largest absolute Gasteiger partial charge is 0.493 e. The van der Waals surface area contributed by atoms with Gasteiger partial charge in [0.25, 0.3) is 5.91 Å². The summed E-state index contributed by atoms with van der Waals surface area (Å²) in [6.07, 6.45) is 1.85. The highest BCUT2D eigenvalue weighted by molar-refractivity contribution is 5.97. The zero-order valence-corrected chi connectivity index (χ0v) is 18.1. The fraction of sp³-hybridized carbons (Fsp3) is 0.269. The Morgan fingerprint density at radius 2 is 1.71 bits per heavy atom. The van der Waals surface area contributed by atoms with Crippen molar-refractivity contribution in [3.05, 3.63) is 89.0 Å². The highest BCUT2D eigenvalue weighted by Gasteiger charge is 2.17. The normalized spacial score (nSPS) is 12.8. The molecule has 0 bridgehead atoms. The summed E-state index contributed by atoms with van der Waals surface area (Å²) in [5.41, 5.74) is 5.78. The molecule has 160 valence electrons. The fourth-order valence-electron chi connectivity index (χ4n) is 4.07. The summed E-state index contributed by atoms with van der Waals surface area (Å²) in [4.78, 5) is 15.0. The summed E-state index contributed by atoms with van der Waals surface area (Å²) in [5, 5.41) is 2.98. The SMILES string of the molecule is COc1cccc(C(=O)NCCc2ccc(N3CCc4ccccc4C3)cc2)c1OC. The number of fused-ring (bicyclic) bond motifs is 1. The van der Waals surface area contributed by atoms with Gasteiger partial charge in [-0.15, -0.1) is 0 Å². The Morgan fingerprint density at radius 1 is 0.935 bits per heavy atom. The Hall–Kier alpha value is -3.47. The molecule has 1 N–H and O–H groups in total. The second-order valence-corrected chi connectivity index (χ2v) is 7.65. The number of rotatable bonds is 7. The minimum atomic E-state index is -0.167. The van der Waals surface area contributed by atoms with Crippen molar-refractivity contribution in [3.8, 4) is 11.5 Å². The second-order valence-electron chi connectivity index (χ2n) is 7.65. The van der Waals surface area contributed by atoms with Gasteiger partial charge in [-0.25, -0.2) is 0 Å². The number of amides is 1. The van der Waals surface area contributed by atoms with Gasteiger partial charge in [-0.3, -0.25) is 4.79 Å². The van der Waals surface area contributed by atoms with Crippen LogP contribution in [-0.2, 0) is 19.4 Å². The van der Waals surface area contributed by atoms with Crippen molar-refractivity contribution < 1.29 is 14.3 Å². The number of para-hydroxylation sites is 1. The molecule has 5 nitrogen and oxygen atoms in total. The Bertz CT molecular complexity index is 1050. The van der Waals surface area contributed by atoms with Gasteiger partial charge in [-0.05, 0) is 53.8 Å². The molecular weight excluding hydrogens is 388 g/mol. The lowest BCUT2D eigenvalue weighted by atomic mass is 9.99. The molecule has 0 radical (unpaired) electrons. The van der Waals surface area contributed by atoms with E-state index in [2.05, 4.69) is 58.7 Å². The summed E-state index contributed by atoms with van der Waals surface area (Å²) in [7, 11) is 3.10. The van der Waals surface area contributed by atoms with Crippen molar-refractivity contribution in [2.45, 2.75) is 19.4 Å². The third kappa shape index (κ3) is 4.66. The van der Waals surface area contributed by atoms with E-state index in [1.165, 1.54) is 29.5 Å². The van der Waals surface area contributed by atoms with Gasteiger partial charge in [-0.2, -0.15) is 0 Å². The first-order valence-corrected chi connectivity index (χ1v) is 10.6. The summed E-state index contributed by atoms with van der Waals surface area (Å²) in [6.45, 7) is 2.54. The molecule has 0 fully saturated rings. The molecule has 4 rings (SSSR count). The summed E-state index contributed by atoms with van der Waals surface area (Å²) in [6, 6.07) is 22.6. The van der Waals surface area contributed by atoms with Gasteiger partial charge < -0.3 is 19.7 Å². The molecule has 0 aromatic heterocycles. The number of benzene rings is 3. The van der Waals surface area contributed by atoms with Crippen LogP contribution in [0.3, 0.4) is 0 Å². The average Bonchev–Trinajstić information content (AvgIpc) is 2.83. The smallest absolute Gasteiger partial charge is 0.255 e. The van der Waals surface area contributed by atoms with Gasteiger partial charge in [0.15, 0.2) is 11.5 Å². The van der Waals surface area contributed by atoms with E-state index in [1.54, 1.807) is 25.3 Å². The van der Waals surface area contributed by atoms with Crippen molar-refractivity contribution in [1.29, 1.82) is 0 Å². The minimum Gasteiger partial charge on any atom is -0.493 e. The van der Waals surface area contributed by atoms with Crippen LogP contribution in [0.4, 0.5) is 5.69 Å². The van der Waals surface area contributed by atoms with Gasteiger partial charge in [0.2, 0.25) is 0 Å². The number of nitrogens with zero attached hydrogens (tertiary/aromatic N) is 1. The van der Waals surface area contributed by atoms with Crippen LogP contribution in [0.15, 0.2) is 66.7 Å². The van der Waals surface area contributed by atoms with Crippen molar-refractivity contribution in [2.24, 2.45) is 0 Å². The standard InChI is InChI=1S/C26H28N2O3/c1-30-24-9-5-8-23(25(24)31-2)26(29)27-16-14-19-10-12-22(13-11-19)28-17-15-20-6-3-4-7-21(20)18-28/h3-13H,14-18H2,1-2H3,(H,27,29). The first kappa shape index (κ1) is 20.8. The van der Waals surface area contributed by atoms with Gasteiger partial charge in [-0.1, -0.05) is 42.5 Å². The molecule has 0 aliphatic carbocycles. The Labute approximate surface area is 183 Å². The molecule has 0 spiro atoms. The van der Waals surface area contributed by atoms with Crippen molar-refractivity contribution in [3.63, 3.8) is 0 Å². The lowest BCUT2D eigenvalue weighted by molar-refractivity contribution is 0.0950. The molecule has 0 unspecified atom stereocenters. The Morgan fingerprint density at radius 3 is 2.45 bits per heavy atom. The van der Waals surface area contributed by atoms with Crippen LogP contribution in [0.5, 0.6) is 11.5 Å². The summed E-state index contributed by atoms with van der Waals surface area (Å²) in [5.74, 6) is 0.834. The summed E-state index contributed by atoms with van der Waals surface area (Å²) >= 11 is 0. The third-order valence-corrected chi connectivity index (χ3v) is 5.78. The van der Waals surface area contributed by atoms with Gasteiger partial charge in [0, 0.05) is 25.3 Å². The number of hydrogen-bond donors (Lipinski definition) is 1. The highest BCUT2D eigenvalue weighted by atomic mass is 16.5. The lowest BCUT2D eigenvalue weighted by Gasteiger charge is -2.30. The second kappa shape index (κ2) is 9.56. The molecule has 5 heteroatoms. The van der Waals surface area contributed by atoms with E-state index in [0.717, 1.165) is 25.9 Å². The van der Waals surface area contributed by atoms with E-state index < -0.39 is 0 Å². The number of nitrogens with one attached hydrogen (secondary N) is 1. The molecule has 0 saturated heterocycles. The maximum Gasteiger partial charge on any atom is 0.255 e. The molecular formula is C26H28N2O3. The van der Waals surface area contributed by atoms with Crippen LogP contribution in [-0.4, -0.2) is 33.2 Å². The number of hydrogen-bond acceptors (Lipinski definition) is 4. The Balaban J connectivity index is 1.33. The number of ether oxygens (including phenoxy) is 2. The zero-order chi connectivity index (χ0) is 21.6. The molecule has 0 atom stereocenters. The Kier molecular flexibility index (Phi) is 6.41. The molecule has 31 heavy (non-hydrogen) atoms. The predicted octanol–water partition coefficient (Wildman–Crippen LogP) is 4.24. The molecule has 3 aromatic rings. The molecule has 1 amide bonds. The average molecular weight is 417 g/mol. The summed E-state index contributed by atoms with van der Waals surface area (Å²) < 4.78 is 10.6. The number of carbonyl (C=O) groups excluding carboxylic acids is 1. The minimum absolute atomic E-state index is 0.167. The lowest BCUT2D eigenvalue weighted by Crippen LogP contribution is -2.30. The molecule has 0 saturated carbocycles. The van der Waals surface area contributed by atoms with Crippen LogP contribution >= 0.6 is 0 Å². The van der Waals surface area contributed by atoms with Gasteiger partial charge >= 0.3 is 0 Å². The van der Waals surface area contributed by atoms with Crippen molar-refractivity contribution in [1.82, 2.24) is 5.32 Å². The topological polar surface area (TPSA) is 50.8 Å². The van der Waals surface area contributed by atoms with Gasteiger partial charge in [0.05, 0.1) is 19.8 Å². The third-order valence-electron chi connectivity index (χ3n) is 5.78. The molecule has 1 aliphatic rings. The van der Waals surface area contributed by atoms with E-state index in [0.29, 0.717) is 23.6 Å². The van der Waals surface area contributed by atoms with E-state index in [-0.39, 0.29) is 5.91 Å². The maximum absolute atomic E-state index is 12.6. The van der Waals surface area contributed by atoms with Crippen LogP contribution in [0.1, 0.15) is 27.0 Å². The van der Waals surface area contributed by atoms with Crippen LogP contribution in [0, 0.1) is 0 Å². The first-order valence-electron chi connectivity index (χ1n) is 10.6. The van der Waals surface area contributed by atoms with E-state index >= 15 is 0 Å². The van der Waals surface area contributed by atoms with Crippen LogP contribution in [0.25, 0.3) is 0 Å². The number of carbonyl (C=O) groups is 1. The zero-order valence-electron chi connectivity index (χ0n) is 18.1. The van der Waals surface area contributed by atoms with Gasteiger partial charge in [0.1, 0.15) is 0 Å². The first-order chi connectivity index (χ1) is 15.2. The number of anilines is 1. The highest BCUT2D eigenvalue weighted by Crippen LogP contribution is 2.30. The maximum atomic E-state index is 12.6. The number of methoxy groups -OCH3 is 2. The monoisotopic (exact) mass is 416 g/mol. The van der Waals surface area contributed by atoms with Crippen LogP contribution < -0.4 is 19.7 Å². The fourth-order valence-corrected chi connectivity index (χ4v) is 4.07. The molecule has 3 aromatic carbocycles. The van der Waals surface area contributed by atoms with E-state index in [1.807, 2.05) is 0 Å². The quantitative estimate of drug-likeness (QED) is 0.626. The predicted molar refractivity (Wildman–Crippen MR) is 123 cm³/mol.